The van der Waals surface area contributed by atoms with Crippen molar-refractivity contribution in [2.75, 3.05) is 0 Å². The molecule has 1 rings (SSSR count). The lowest BCUT2D eigenvalue weighted by Gasteiger charge is -2.41. The van der Waals surface area contributed by atoms with Crippen LogP contribution in [0.15, 0.2) is 12.2 Å². The molecule has 1 saturated carbocycles. The monoisotopic (exact) mass is 194 g/mol. The fourth-order valence-corrected chi connectivity index (χ4v) is 2.91. The maximum Gasteiger partial charge on any atom is 0.159 e. The summed E-state index contributed by atoms with van der Waals surface area (Å²) in [6.45, 7) is 8.59. The lowest BCUT2D eigenvalue weighted by atomic mass is 9.62. The number of hydrogen-bond donors (Lipinski definition) is 0. The van der Waals surface area contributed by atoms with Gasteiger partial charge in [0.15, 0.2) is 5.78 Å². The normalized spacial score (nSPS) is 32.0. The van der Waals surface area contributed by atoms with Gasteiger partial charge in [-0.1, -0.05) is 33.3 Å². The van der Waals surface area contributed by atoms with Crippen molar-refractivity contribution in [2.45, 2.75) is 47.0 Å². The zero-order valence-electron chi connectivity index (χ0n) is 9.84. The molecular formula is C13H22O. The van der Waals surface area contributed by atoms with Gasteiger partial charge in [0.1, 0.15) is 0 Å². The first-order valence-corrected chi connectivity index (χ1v) is 5.65. The Morgan fingerprint density at radius 1 is 1.43 bits per heavy atom. The van der Waals surface area contributed by atoms with Crippen LogP contribution in [0.5, 0.6) is 0 Å². The fourth-order valence-electron chi connectivity index (χ4n) is 2.91. The average Bonchev–Trinajstić information content (AvgIpc) is 2.02. The third kappa shape index (κ3) is 2.26. The van der Waals surface area contributed by atoms with Gasteiger partial charge in [0, 0.05) is 5.92 Å². The topological polar surface area (TPSA) is 17.1 Å². The van der Waals surface area contributed by atoms with Crippen molar-refractivity contribution in [1.82, 2.24) is 0 Å². The maximum absolute atomic E-state index is 11.9. The van der Waals surface area contributed by atoms with E-state index in [1.807, 2.05) is 13.0 Å². The molecule has 0 radical (unpaired) electrons. The molecule has 1 fully saturated rings. The third-order valence-electron chi connectivity index (χ3n) is 3.53. The summed E-state index contributed by atoms with van der Waals surface area (Å²) in [7, 11) is 0. The highest BCUT2D eigenvalue weighted by Gasteiger charge is 2.40. The average molecular weight is 194 g/mol. The van der Waals surface area contributed by atoms with E-state index in [9.17, 15) is 4.79 Å². The van der Waals surface area contributed by atoms with Crippen molar-refractivity contribution in [3.63, 3.8) is 0 Å². The second-order valence-electron chi connectivity index (χ2n) is 5.24. The second-order valence-corrected chi connectivity index (χ2v) is 5.24. The number of carbonyl (C=O) groups excluding carboxylic acids is 1. The SMILES string of the molecule is CC=CC(=O)[C@H]1[C@@H](C)CCCC1(C)C. The summed E-state index contributed by atoms with van der Waals surface area (Å²) in [6.07, 6.45) is 7.27. The number of rotatable bonds is 2. The summed E-state index contributed by atoms with van der Waals surface area (Å²) in [5, 5.41) is 0. The summed E-state index contributed by atoms with van der Waals surface area (Å²) in [4.78, 5) is 11.9. The van der Waals surface area contributed by atoms with Crippen LogP contribution in [0.4, 0.5) is 0 Å². The summed E-state index contributed by atoms with van der Waals surface area (Å²) < 4.78 is 0. The van der Waals surface area contributed by atoms with Gasteiger partial charge in [-0.05, 0) is 37.2 Å². The minimum Gasteiger partial charge on any atom is -0.295 e. The second kappa shape index (κ2) is 4.29. The van der Waals surface area contributed by atoms with Crippen LogP contribution in [0, 0.1) is 17.3 Å². The molecule has 0 saturated heterocycles. The van der Waals surface area contributed by atoms with Crippen LogP contribution < -0.4 is 0 Å². The molecule has 1 aliphatic carbocycles. The van der Waals surface area contributed by atoms with E-state index in [4.69, 9.17) is 0 Å². The van der Waals surface area contributed by atoms with Crippen molar-refractivity contribution in [1.29, 1.82) is 0 Å². The van der Waals surface area contributed by atoms with E-state index in [0.717, 1.165) is 0 Å². The van der Waals surface area contributed by atoms with Crippen LogP contribution in [0.3, 0.4) is 0 Å². The molecule has 14 heavy (non-hydrogen) atoms. The molecule has 2 atom stereocenters. The van der Waals surface area contributed by atoms with Gasteiger partial charge in [-0.15, -0.1) is 0 Å². The van der Waals surface area contributed by atoms with E-state index in [2.05, 4.69) is 20.8 Å². The van der Waals surface area contributed by atoms with E-state index in [1.165, 1.54) is 19.3 Å². The van der Waals surface area contributed by atoms with E-state index in [1.54, 1.807) is 6.08 Å². The van der Waals surface area contributed by atoms with Crippen LogP contribution in [-0.2, 0) is 4.79 Å². The Hall–Kier alpha value is -0.590. The van der Waals surface area contributed by atoms with Crippen LogP contribution in [0.25, 0.3) is 0 Å². The summed E-state index contributed by atoms with van der Waals surface area (Å²) in [5.74, 6) is 1.10. The molecule has 0 unspecified atom stereocenters. The molecule has 0 heterocycles. The summed E-state index contributed by atoms with van der Waals surface area (Å²) in [5.41, 5.74) is 0.189. The molecule has 0 aromatic heterocycles. The Morgan fingerprint density at radius 2 is 2.07 bits per heavy atom. The van der Waals surface area contributed by atoms with Crippen LogP contribution in [0.1, 0.15) is 47.0 Å². The van der Waals surface area contributed by atoms with E-state index in [0.29, 0.717) is 11.7 Å². The highest BCUT2D eigenvalue weighted by Crippen LogP contribution is 2.44. The van der Waals surface area contributed by atoms with Crippen LogP contribution in [-0.4, -0.2) is 5.78 Å². The van der Waals surface area contributed by atoms with E-state index in [-0.39, 0.29) is 11.3 Å². The highest BCUT2D eigenvalue weighted by atomic mass is 16.1. The van der Waals surface area contributed by atoms with Gasteiger partial charge in [-0.3, -0.25) is 4.79 Å². The fraction of sp³-hybridized carbons (Fsp3) is 0.769. The maximum atomic E-state index is 11.9. The molecule has 0 aromatic carbocycles. The van der Waals surface area contributed by atoms with Gasteiger partial charge in [-0.25, -0.2) is 0 Å². The molecule has 0 aliphatic heterocycles. The molecule has 1 nitrogen and oxygen atoms in total. The minimum atomic E-state index is 0.189. The lowest BCUT2D eigenvalue weighted by molar-refractivity contribution is -0.125. The zero-order chi connectivity index (χ0) is 10.8. The first-order chi connectivity index (χ1) is 6.49. The molecule has 80 valence electrons. The largest absolute Gasteiger partial charge is 0.295 e. The molecule has 1 aliphatic rings. The Bertz CT molecular complexity index is 238. The molecule has 0 amide bonds. The Balaban J connectivity index is 2.85. The van der Waals surface area contributed by atoms with E-state index < -0.39 is 0 Å². The number of carbonyl (C=O) groups is 1. The van der Waals surface area contributed by atoms with Crippen molar-refractivity contribution < 1.29 is 4.79 Å². The Morgan fingerprint density at radius 3 is 2.57 bits per heavy atom. The minimum absolute atomic E-state index is 0.189. The van der Waals surface area contributed by atoms with Gasteiger partial charge < -0.3 is 0 Å². The molecule has 1 heteroatoms. The summed E-state index contributed by atoms with van der Waals surface area (Å²) in [6, 6.07) is 0. The van der Waals surface area contributed by atoms with Gasteiger partial charge in [0.05, 0.1) is 0 Å². The highest BCUT2D eigenvalue weighted by molar-refractivity contribution is 5.92. The summed E-state index contributed by atoms with van der Waals surface area (Å²) >= 11 is 0. The zero-order valence-corrected chi connectivity index (χ0v) is 9.84. The van der Waals surface area contributed by atoms with E-state index >= 15 is 0 Å². The van der Waals surface area contributed by atoms with Crippen LogP contribution >= 0.6 is 0 Å². The molecule has 0 bridgehead atoms. The van der Waals surface area contributed by atoms with Crippen molar-refractivity contribution in [3.8, 4) is 0 Å². The number of ketones is 1. The Labute approximate surface area is 87.6 Å². The van der Waals surface area contributed by atoms with Crippen molar-refractivity contribution in [2.24, 2.45) is 17.3 Å². The quantitative estimate of drug-likeness (QED) is 0.614. The van der Waals surface area contributed by atoms with Gasteiger partial charge in [0.2, 0.25) is 0 Å². The molecule has 0 aromatic rings. The van der Waals surface area contributed by atoms with Crippen molar-refractivity contribution in [3.05, 3.63) is 12.2 Å². The van der Waals surface area contributed by atoms with Gasteiger partial charge >= 0.3 is 0 Å². The van der Waals surface area contributed by atoms with Gasteiger partial charge in [-0.2, -0.15) is 0 Å². The Kier molecular flexibility index (Phi) is 3.52. The molecule has 0 spiro atoms. The number of allylic oxidation sites excluding steroid dienone is 2. The molecule has 0 N–H and O–H groups in total. The third-order valence-corrected chi connectivity index (χ3v) is 3.53. The van der Waals surface area contributed by atoms with Crippen LogP contribution in [0.2, 0.25) is 0 Å². The number of hydrogen-bond acceptors (Lipinski definition) is 1. The first kappa shape index (κ1) is 11.5. The first-order valence-electron chi connectivity index (χ1n) is 5.65. The predicted octanol–water partition coefficient (Wildman–Crippen LogP) is 3.59. The molecular weight excluding hydrogens is 172 g/mol. The standard InChI is InChI=1S/C13H22O/c1-5-7-11(14)12-10(2)8-6-9-13(12,3)4/h5,7,10,12H,6,8-9H2,1-4H3/t10-,12+/m0/s1. The predicted molar refractivity (Wildman–Crippen MR) is 60.1 cm³/mol. The van der Waals surface area contributed by atoms with Crippen molar-refractivity contribution >= 4 is 5.78 Å². The lowest BCUT2D eigenvalue weighted by Crippen LogP contribution is -2.38. The smallest absolute Gasteiger partial charge is 0.159 e. The van der Waals surface area contributed by atoms with Gasteiger partial charge in [0.25, 0.3) is 0 Å².